The maximum absolute atomic E-state index is 11.8. The molecular weight excluding hydrogens is 290 g/mol. The van der Waals surface area contributed by atoms with Crippen molar-refractivity contribution < 1.29 is 4.79 Å². The summed E-state index contributed by atoms with van der Waals surface area (Å²) in [6.45, 7) is 1.33. The van der Waals surface area contributed by atoms with Crippen molar-refractivity contribution in [2.24, 2.45) is 5.73 Å². The SMILES string of the molecule is Cl.NCCc1nc(C(=O)NCC2CCCS2)cs1. The number of amides is 1. The number of rotatable bonds is 5. The van der Waals surface area contributed by atoms with Crippen molar-refractivity contribution in [3.8, 4) is 0 Å². The number of nitrogens with zero attached hydrogens (tertiary/aromatic N) is 1. The molecule has 0 bridgehead atoms. The van der Waals surface area contributed by atoms with Crippen LogP contribution in [0.4, 0.5) is 0 Å². The Kier molecular flexibility index (Phi) is 6.99. The minimum Gasteiger partial charge on any atom is -0.350 e. The fourth-order valence-electron chi connectivity index (χ4n) is 1.76. The van der Waals surface area contributed by atoms with Crippen LogP contribution in [0.3, 0.4) is 0 Å². The highest BCUT2D eigenvalue weighted by molar-refractivity contribution is 8.00. The molecule has 1 aliphatic heterocycles. The third kappa shape index (κ3) is 4.42. The van der Waals surface area contributed by atoms with E-state index in [1.54, 1.807) is 0 Å². The van der Waals surface area contributed by atoms with Gasteiger partial charge in [-0.25, -0.2) is 4.98 Å². The zero-order valence-electron chi connectivity index (χ0n) is 10.1. The zero-order valence-corrected chi connectivity index (χ0v) is 12.5. The summed E-state index contributed by atoms with van der Waals surface area (Å²) >= 11 is 3.45. The molecule has 7 heteroatoms. The molecule has 1 saturated heterocycles. The van der Waals surface area contributed by atoms with E-state index in [2.05, 4.69) is 10.3 Å². The molecule has 4 nitrogen and oxygen atoms in total. The quantitative estimate of drug-likeness (QED) is 0.868. The lowest BCUT2D eigenvalue weighted by molar-refractivity contribution is 0.0949. The molecule has 2 rings (SSSR count). The average molecular weight is 308 g/mol. The van der Waals surface area contributed by atoms with Gasteiger partial charge in [-0.2, -0.15) is 11.8 Å². The van der Waals surface area contributed by atoms with E-state index in [1.807, 2.05) is 17.1 Å². The Morgan fingerprint density at radius 1 is 1.61 bits per heavy atom. The Morgan fingerprint density at radius 3 is 3.11 bits per heavy atom. The van der Waals surface area contributed by atoms with Gasteiger partial charge in [-0.3, -0.25) is 4.79 Å². The second kappa shape index (κ2) is 7.99. The number of hydrogen-bond donors (Lipinski definition) is 2. The summed E-state index contributed by atoms with van der Waals surface area (Å²) in [6, 6.07) is 0. The Morgan fingerprint density at radius 2 is 2.44 bits per heavy atom. The maximum atomic E-state index is 11.8. The topological polar surface area (TPSA) is 68.0 Å². The highest BCUT2D eigenvalue weighted by atomic mass is 35.5. The third-order valence-electron chi connectivity index (χ3n) is 2.66. The molecule has 0 saturated carbocycles. The molecule has 0 aliphatic carbocycles. The van der Waals surface area contributed by atoms with Crippen LogP contribution in [0.5, 0.6) is 0 Å². The van der Waals surface area contributed by atoms with Crippen LogP contribution in [0.2, 0.25) is 0 Å². The fourth-order valence-corrected chi connectivity index (χ4v) is 3.75. The minimum atomic E-state index is -0.0583. The van der Waals surface area contributed by atoms with E-state index in [4.69, 9.17) is 5.73 Å². The van der Waals surface area contributed by atoms with Crippen LogP contribution in [0.1, 0.15) is 28.3 Å². The molecule has 18 heavy (non-hydrogen) atoms. The lowest BCUT2D eigenvalue weighted by Gasteiger charge is -2.08. The van der Waals surface area contributed by atoms with Crippen molar-refractivity contribution >= 4 is 41.4 Å². The van der Waals surface area contributed by atoms with Crippen molar-refractivity contribution in [2.75, 3.05) is 18.8 Å². The summed E-state index contributed by atoms with van der Waals surface area (Å²) in [5, 5.41) is 6.28. The summed E-state index contributed by atoms with van der Waals surface area (Å²) in [6.07, 6.45) is 3.22. The predicted molar refractivity (Wildman–Crippen MR) is 79.9 cm³/mol. The largest absolute Gasteiger partial charge is 0.350 e. The van der Waals surface area contributed by atoms with Crippen LogP contribution in [0.15, 0.2) is 5.38 Å². The molecule has 102 valence electrons. The minimum absolute atomic E-state index is 0. The van der Waals surface area contributed by atoms with Crippen molar-refractivity contribution in [2.45, 2.75) is 24.5 Å². The van der Waals surface area contributed by atoms with E-state index >= 15 is 0 Å². The van der Waals surface area contributed by atoms with Gasteiger partial charge in [0.15, 0.2) is 0 Å². The molecule has 1 aromatic rings. The monoisotopic (exact) mass is 307 g/mol. The first-order valence-electron chi connectivity index (χ1n) is 5.84. The van der Waals surface area contributed by atoms with E-state index in [0.717, 1.165) is 18.0 Å². The molecule has 1 atom stereocenters. The van der Waals surface area contributed by atoms with E-state index in [9.17, 15) is 4.79 Å². The van der Waals surface area contributed by atoms with Crippen molar-refractivity contribution in [3.05, 3.63) is 16.1 Å². The second-order valence-electron chi connectivity index (χ2n) is 4.01. The number of carbonyl (C=O) groups excluding carboxylic acids is 1. The molecule has 1 aliphatic rings. The molecule has 1 amide bonds. The second-order valence-corrected chi connectivity index (χ2v) is 6.36. The van der Waals surface area contributed by atoms with E-state index in [1.165, 1.54) is 29.9 Å². The predicted octanol–water partition coefficient (Wildman–Crippen LogP) is 1.69. The zero-order chi connectivity index (χ0) is 12.1. The van der Waals surface area contributed by atoms with Gasteiger partial charge in [0.25, 0.3) is 5.91 Å². The van der Waals surface area contributed by atoms with E-state index in [-0.39, 0.29) is 18.3 Å². The summed E-state index contributed by atoms with van der Waals surface area (Å²) < 4.78 is 0. The van der Waals surface area contributed by atoms with Crippen LogP contribution in [-0.2, 0) is 6.42 Å². The lowest BCUT2D eigenvalue weighted by atomic mass is 10.2. The van der Waals surface area contributed by atoms with E-state index < -0.39 is 0 Å². The molecule has 1 unspecified atom stereocenters. The first-order valence-corrected chi connectivity index (χ1v) is 7.76. The van der Waals surface area contributed by atoms with Gasteiger partial charge in [-0.05, 0) is 25.1 Å². The fraction of sp³-hybridized carbons (Fsp3) is 0.636. The van der Waals surface area contributed by atoms with Crippen molar-refractivity contribution in [3.63, 3.8) is 0 Å². The van der Waals surface area contributed by atoms with Gasteiger partial charge >= 0.3 is 0 Å². The normalized spacial score (nSPS) is 18.4. The summed E-state index contributed by atoms with van der Waals surface area (Å²) in [5.74, 6) is 1.16. The summed E-state index contributed by atoms with van der Waals surface area (Å²) in [7, 11) is 0. The lowest BCUT2D eigenvalue weighted by Crippen LogP contribution is -2.29. The highest BCUT2D eigenvalue weighted by Gasteiger charge is 2.17. The molecule has 1 fully saturated rings. The first-order chi connectivity index (χ1) is 8.29. The smallest absolute Gasteiger partial charge is 0.270 e. The Hall–Kier alpha value is -0.300. The number of hydrogen-bond acceptors (Lipinski definition) is 5. The number of thioether (sulfide) groups is 1. The summed E-state index contributed by atoms with van der Waals surface area (Å²) in [5.41, 5.74) is 5.98. The van der Waals surface area contributed by atoms with Gasteiger partial charge in [0.05, 0.1) is 5.01 Å². The van der Waals surface area contributed by atoms with Crippen molar-refractivity contribution in [1.82, 2.24) is 10.3 Å². The van der Waals surface area contributed by atoms with Crippen molar-refractivity contribution in [1.29, 1.82) is 0 Å². The van der Waals surface area contributed by atoms with Crippen LogP contribution in [0, 0.1) is 0 Å². The number of carbonyl (C=O) groups is 1. The molecular formula is C11H18ClN3OS2. The Balaban J connectivity index is 0.00000162. The molecule has 0 spiro atoms. The van der Waals surface area contributed by atoms with Gasteiger partial charge < -0.3 is 11.1 Å². The van der Waals surface area contributed by atoms with Crippen LogP contribution < -0.4 is 11.1 Å². The molecule has 2 heterocycles. The molecule has 1 aromatic heterocycles. The van der Waals surface area contributed by atoms with E-state index in [0.29, 0.717) is 17.5 Å². The Labute approximate surface area is 122 Å². The van der Waals surface area contributed by atoms with Crippen LogP contribution >= 0.6 is 35.5 Å². The number of halogens is 1. The highest BCUT2D eigenvalue weighted by Crippen LogP contribution is 2.25. The standard InChI is InChI=1S/C11H17N3OS2.ClH/c12-4-3-10-14-9(7-17-10)11(15)13-6-8-2-1-5-16-8;/h7-8H,1-6,12H2,(H,13,15);1H. The van der Waals surface area contributed by atoms with Crippen LogP contribution in [0.25, 0.3) is 0 Å². The molecule has 0 radical (unpaired) electrons. The first kappa shape index (κ1) is 15.8. The third-order valence-corrected chi connectivity index (χ3v) is 4.96. The molecule has 0 aromatic carbocycles. The number of nitrogens with one attached hydrogen (secondary N) is 1. The van der Waals surface area contributed by atoms with Gasteiger partial charge in [0.2, 0.25) is 0 Å². The Bertz CT molecular complexity index is 380. The summed E-state index contributed by atoms with van der Waals surface area (Å²) in [4.78, 5) is 16.1. The van der Waals surface area contributed by atoms with Crippen LogP contribution in [-0.4, -0.2) is 35.0 Å². The number of aromatic nitrogens is 1. The molecule has 3 N–H and O–H groups in total. The maximum Gasteiger partial charge on any atom is 0.270 e. The number of thiazole rings is 1. The van der Waals surface area contributed by atoms with Gasteiger partial charge in [-0.1, -0.05) is 0 Å². The van der Waals surface area contributed by atoms with Gasteiger partial charge in [0.1, 0.15) is 5.69 Å². The van der Waals surface area contributed by atoms with Gasteiger partial charge in [0, 0.05) is 23.6 Å². The number of nitrogens with two attached hydrogens (primary N) is 1. The van der Waals surface area contributed by atoms with Gasteiger partial charge in [-0.15, -0.1) is 23.7 Å². The average Bonchev–Trinajstić information content (AvgIpc) is 2.97.